The third-order valence-electron chi connectivity index (χ3n) is 2.36. The second-order valence-corrected chi connectivity index (χ2v) is 3.78. The summed E-state index contributed by atoms with van der Waals surface area (Å²) in [7, 11) is 1.37. The lowest BCUT2D eigenvalue weighted by atomic mass is 10.1. The van der Waals surface area contributed by atoms with Crippen LogP contribution in [0.4, 0.5) is 13.2 Å². The van der Waals surface area contributed by atoms with Crippen LogP contribution in [0.5, 0.6) is 11.5 Å². The van der Waals surface area contributed by atoms with Crippen LogP contribution in [0.1, 0.15) is 24.9 Å². The molecule has 0 heterocycles. The van der Waals surface area contributed by atoms with Crippen LogP contribution in [0, 0.1) is 0 Å². The quantitative estimate of drug-likeness (QED) is 0.888. The van der Waals surface area contributed by atoms with Crippen LogP contribution in [0.15, 0.2) is 18.2 Å². The summed E-state index contributed by atoms with van der Waals surface area (Å²) in [6.45, 7) is 2.40. The molecule has 0 amide bonds. The first-order valence-electron chi connectivity index (χ1n) is 5.53. The van der Waals surface area contributed by atoms with Crippen LogP contribution in [-0.2, 0) is 0 Å². The highest BCUT2D eigenvalue weighted by Crippen LogP contribution is 2.35. The van der Waals surface area contributed by atoms with Crippen LogP contribution >= 0.6 is 0 Å². The van der Waals surface area contributed by atoms with E-state index in [1.165, 1.54) is 25.3 Å². The van der Waals surface area contributed by atoms with Crippen molar-refractivity contribution in [3.8, 4) is 11.5 Å². The smallest absolute Gasteiger partial charge is 0.407 e. The Labute approximate surface area is 104 Å². The average molecular weight is 263 g/mol. The molecule has 0 saturated heterocycles. The number of alkyl halides is 3. The minimum atomic E-state index is -4.48. The van der Waals surface area contributed by atoms with Gasteiger partial charge in [0.1, 0.15) is 6.04 Å². The number of halogens is 3. The van der Waals surface area contributed by atoms with Crippen molar-refractivity contribution in [2.45, 2.75) is 25.6 Å². The largest absolute Gasteiger partial charge is 0.493 e. The molecule has 102 valence electrons. The first-order valence-corrected chi connectivity index (χ1v) is 5.53. The van der Waals surface area contributed by atoms with Gasteiger partial charge in [-0.3, -0.25) is 0 Å². The number of methoxy groups -OCH3 is 1. The first-order chi connectivity index (χ1) is 8.40. The Morgan fingerprint density at radius 1 is 1.28 bits per heavy atom. The molecule has 6 heteroatoms. The van der Waals surface area contributed by atoms with E-state index in [0.717, 1.165) is 6.42 Å². The Bertz CT molecular complexity index is 393. The molecule has 18 heavy (non-hydrogen) atoms. The van der Waals surface area contributed by atoms with Gasteiger partial charge < -0.3 is 15.2 Å². The SMILES string of the molecule is CCCOc1ccc([C@@H](N)C(F)(F)F)cc1OC. The molecule has 1 atom stereocenters. The molecule has 3 nitrogen and oxygen atoms in total. The maximum Gasteiger partial charge on any atom is 0.407 e. The van der Waals surface area contributed by atoms with Crippen LogP contribution in [0.3, 0.4) is 0 Å². The third-order valence-corrected chi connectivity index (χ3v) is 2.36. The summed E-state index contributed by atoms with van der Waals surface area (Å²) < 4.78 is 47.8. The Morgan fingerprint density at radius 3 is 2.44 bits per heavy atom. The topological polar surface area (TPSA) is 44.5 Å². The van der Waals surface area contributed by atoms with Crippen LogP contribution in [0.2, 0.25) is 0 Å². The molecule has 0 aliphatic rings. The Hall–Kier alpha value is -1.43. The van der Waals surface area contributed by atoms with Crippen molar-refractivity contribution in [1.82, 2.24) is 0 Å². The lowest BCUT2D eigenvalue weighted by Gasteiger charge is -2.18. The van der Waals surface area contributed by atoms with Gasteiger partial charge in [-0.05, 0) is 24.1 Å². The summed E-state index contributed by atoms with van der Waals surface area (Å²) in [6.07, 6.45) is -3.68. The second kappa shape index (κ2) is 5.95. The highest BCUT2D eigenvalue weighted by Gasteiger charge is 2.38. The van der Waals surface area contributed by atoms with Gasteiger partial charge in [0, 0.05) is 0 Å². The van der Waals surface area contributed by atoms with Crippen LogP contribution in [0.25, 0.3) is 0 Å². The van der Waals surface area contributed by atoms with Gasteiger partial charge in [0.15, 0.2) is 11.5 Å². The zero-order chi connectivity index (χ0) is 13.8. The van der Waals surface area contributed by atoms with Gasteiger partial charge in [0.05, 0.1) is 13.7 Å². The van der Waals surface area contributed by atoms with Crippen molar-refractivity contribution in [1.29, 1.82) is 0 Å². The summed E-state index contributed by atoms with van der Waals surface area (Å²) >= 11 is 0. The standard InChI is InChI=1S/C12H16F3NO2/c1-3-6-18-9-5-4-8(7-10(9)17-2)11(16)12(13,14)15/h4-5,7,11H,3,6,16H2,1-2H3/t11-/m1/s1. The molecule has 0 radical (unpaired) electrons. The fourth-order valence-electron chi connectivity index (χ4n) is 1.40. The second-order valence-electron chi connectivity index (χ2n) is 3.78. The lowest BCUT2D eigenvalue weighted by molar-refractivity contribution is -0.149. The molecule has 0 aromatic heterocycles. The predicted molar refractivity (Wildman–Crippen MR) is 61.8 cm³/mol. The molecular weight excluding hydrogens is 247 g/mol. The van der Waals surface area contributed by atoms with Crippen molar-refractivity contribution in [3.63, 3.8) is 0 Å². The molecule has 0 unspecified atom stereocenters. The fourth-order valence-corrected chi connectivity index (χ4v) is 1.40. The summed E-state index contributed by atoms with van der Waals surface area (Å²) in [5, 5.41) is 0. The lowest BCUT2D eigenvalue weighted by Crippen LogP contribution is -2.28. The summed E-state index contributed by atoms with van der Waals surface area (Å²) in [6, 6.07) is 1.97. The van der Waals surface area contributed by atoms with Gasteiger partial charge >= 0.3 is 6.18 Å². The van der Waals surface area contributed by atoms with Gasteiger partial charge in [0.25, 0.3) is 0 Å². The molecule has 0 fully saturated rings. The van der Waals surface area contributed by atoms with Crippen molar-refractivity contribution in [2.75, 3.05) is 13.7 Å². The Kier molecular flexibility index (Phi) is 4.84. The van der Waals surface area contributed by atoms with E-state index in [9.17, 15) is 13.2 Å². The van der Waals surface area contributed by atoms with Gasteiger partial charge in [-0.25, -0.2) is 0 Å². The van der Waals surface area contributed by atoms with Gasteiger partial charge in [-0.15, -0.1) is 0 Å². The number of ether oxygens (including phenoxy) is 2. The molecule has 0 bridgehead atoms. The minimum Gasteiger partial charge on any atom is -0.493 e. The van der Waals surface area contributed by atoms with E-state index >= 15 is 0 Å². The number of rotatable bonds is 5. The number of benzene rings is 1. The molecule has 2 N–H and O–H groups in total. The minimum absolute atomic E-state index is 0.0526. The number of hydrogen-bond donors (Lipinski definition) is 1. The molecule has 0 aliphatic carbocycles. The molecule has 0 aliphatic heterocycles. The zero-order valence-electron chi connectivity index (χ0n) is 10.3. The third kappa shape index (κ3) is 3.53. The van der Waals surface area contributed by atoms with Gasteiger partial charge in [0.2, 0.25) is 0 Å². The summed E-state index contributed by atoms with van der Waals surface area (Å²) in [5.41, 5.74) is 5.07. The fraction of sp³-hybridized carbons (Fsp3) is 0.500. The monoisotopic (exact) mass is 263 g/mol. The first kappa shape index (κ1) is 14.6. The maximum absolute atomic E-state index is 12.5. The predicted octanol–water partition coefficient (Wildman–Crippen LogP) is 3.05. The highest BCUT2D eigenvalue weighted by atomic mass is 19.4. The molecule has 0 saturated carbocycles. The van der Waals surface area contributed by atoms with Crippen LogP contribution in [-0.4, -0.2) is 19.9 Å². The van der Waals surface area contributed by atoms with Crippen molar-refractivity contribution in [2.24, 2.45) is 5.73 Å². The number of nitrogens with two attached hydrogens (primary N) is 1. The highest BCUT2D eigenvalue weighted by molar-refractivity contribution is 5.44. The van der Waals surface area contributed by atoms with E-state index in [0.29, 0.717) is 12.4 Å². The molecule has 1 aromatic carbocycles. The van der Waals surface area contributed by atoms with E-state index in [1.807, 2.05) is 6.92 Å². The zero-order valence-corrected chi connectivity index (χ0v) is 10.3. The maximum atomic E-state index is 12.5. The van der Waals surface area contributed by atoms with Gasteiger partial charge in [-0.1, -0.05) is 13.0 Å². The van der Waals surface area contributed by atoms with Crippen molar-refractivity contribution in [3.05, 3.63) is 23.8 Å². The van der Waals surface area contributed by atoms with Crippen molar-refractivity contribution >= 4 is 0 Å². The Balaban J connectivity index is 2.98. The van der Waals surface area contributed by atoms with Crippen molar-refractivity contribution < 1.29 is 22.6 Å². The average Bonchev–Trinajstić information content (AvgIpc) is 2.34. The van der Waals surface area contributed by atoms with E-state index in [1.54, 1.807) is 0 Å². The van der Waals surface area contributed by atoms with Crippen LogP contribution < -0.4 is 15.2 Å². The van der Waals surface area contributed by atoms with E-state index in [2.05, 4.69) is 0 Å². The van der Waals surface area contributed by atoms with E-state index in [-0.39, 0.29) is 11.3 Å². The van der Waals surface area contributed by atoms with E-state index < -0.39 is 12.2 Å². The Morgan fingerprint density at radius 2 is 1.94 bits per heavy atom. The molecule has 0 spiro atoms. The van der Waals surface area contributed by atoms with Gasteiger partial charge in [-0.2, -0.15) is 13.2 Å². The van der Waals surface area contributed by atoms with E-state index in [4.69, 9.17) is 15.2 Å². The molecule has 1 aromatic rings. The molecular formula is C12H16F3NO2. The summed E-state index contributed by atoms with van der Waals surface area (Å²) in [4.78, 5) is 0. The summed E-state index contributed by atoms with van der Waals surface area (Å²) in [5.74, 6) is 0.665. The molecule has 1 rings (SSSR count). The number of hydrogen-bond acceptors (Lipinski definition) is 3. The normalized spacial score (nSPS) is 13.2.